The first kappa shape index (κ1) is 20.9. The molecule has 1 heterocycles. The number of carbonyl (C=O) groups is 2. The lowest BCUT2D eigenvalue weighted by Crippen LogP contribution is -2.48. The van der Waals surface area contributed by atoms with Crippen molar-refractivity contribution >= 4 is 17.4 Å². The van der Waals surface area contributed by atoms with Gasteiger partial charge >= 0.3 is 0 Å². The summed E-state index contributed by atoms with van der Waals surface area (Å²) in [6.07, 6.45) is 0.476. The van der Waals surface area contributed by atoms with Gasteiger partial charge in [-0.15, -0.1) is 0 Å². The Kier molecular flexibility index (Phi) is 7.64. The maximum absolute atomic E-state index is 12.0. The number of piperazine rings is 1. The number of hydrogen-bond acceptors (Lipinski definition) is 5. The number of hydrogen-bond donors (Lipinski definition) is 1. The molecule has 1 N–H and O–H groups in total. The number of Topliss-reactive ketones (excluding diaryl/α,β-unsaturated/α-hetero) is 1. The molecular weight excluding hydrogens is 366 g/mol. The molecule has 0 bridgehead atoms. The van der Waals surface area contributed by atoms with Gasteiger partial charge in [0.25, 0.3) is 5.91 Å². The Bertz CT molecular complexity index is 785. The second-order valence-electron chi connectivity index (χ2n) is 7.10. The van der Waals surface area contributed by atoms with Crippen LogP contribution in [0.4, 0.5) is 5.69 Å². The first-order valence-corrected chi connectivity index (χ1v) is 10.2. The third-order valence-corrected chi connectivity index (χ3v) is 5.11. The number of carbonyl (C=O) groups excluding carboxylic acids is 2. The molecule has 29 heavy (non-hydrogen) atoms. The van der Waals surface area contributed by atoms with Crippen molar-refractivity contribution in [3.05, 3.63) is 60.2 Å². The van der Waals surface area contributed by atoms with Gasteiger partial charge in [0.1, 0.15) is 5.75 Å². The molecule has 0 radical (unpaired) electrons. The number of anilines is 1. The fourth-order valence-corrected chi connectivity index (χ4v) is 3.36. The lowest BCUT2D eigenvalue weighted by molar-refractivity contribution is -0.123. The average molecular weight is 396 g/mol. The molecule has 154 valence electrons. The Morgan fingerprint density at radius 3 is 2.31 bits per heavy atom. The van der Waals surface area contributed by atoms with Gasteiger partial charge in [0.05, 0.1) is 0 Å². The zero-order chi connectivity index (χ0) is 20.5. The number of ketones is 1. The predicted octanol–water partition coefficient (Wildman–Crippen LogP) is 2.60. The molecule has 0 aromatic heterocycles. The largest absolute Gasteiger partial charge is 0.484 e. The van der Waals surface area contributed by atoms with Crippen LogP contribution in [0.5, 0.6) is 5.75 Å². The minimum absolute atomic E-state index is 0.0249. The SMILES string of the molecule is CCC(=O)c1ccc(OCC(=O)NCCN2CCN(c3ccccc3)CC2)cc1. The van der Waals surface area contributed by atoms with Crippen LogP contribution in [0.25, 0.3) is 0 Å². The van der Waals surface area contributed by atoms with Gasteiger partial charge in [-0.05, 0) is 36.4 Å². The molecule has 6 heteroatoms. The van der Waals surface area contributed by atoms with Gasteiger partial charge in [0.2, 0.25) is 0 Å². The van der Waals surface area contributed by atoms with Gasteiger partial charge < -0.3 is 15.0 Å². The molecule has 3 rings (SSSR count). The molecule has 1 fully saturated rings. The highest BCUT2D eigenvalue weighted by atomic mass is 16.5. The number of ether oxygens (including phenoxy) is 1. The minimum atomic E-state index is -0.137. The number of amides is 1. The Labute approximate surface area is 172 Å². The molecule has 6 nitrogen and oxygen atoms in total. The second kappa shape index (κ2) is 10.6. The second-order valence-corrected chi connectivity index (χ2v) is 7.10. The summed E-state index contributed by atoms with van der Waals surface area (Å²) in [6.45, 7) is 7.23. The fourth-order valence-electron chi connectivity index (χ4n) is 3.36. The Hall–Kier alpha value is -2.86. The summed E-state index contributed by atoms with van der Waals surface area (Å²) in [7, 11) is 0. The molecule has 0 spiro atoms. The van der Waals surface area contributed by atoms with E-state index >= 15 is 0 Å². The van der Waals surface area contributed by atoms with E-state index in [1.54, 1.807) is 24.3 Å². The molecule has 1 amide bonds. The summed E-state index contributed by atoms with van der Waals surface area (Å²) in [5.41, 5.74) is 1.93. The third-order valence-electron chi connectivity index (χ3n) is 5.11. The summed E-state index contributed by atoms with van der Waals surface area (Å²) in [5, 5.41) is 2.91. The zero-order valence-electron chi connectivity index (χ0n) is 17.0. The number of nitrogens with one attached hydrogen (secondary N) is 1. The quantitative estimate of drug-likeness (QED) is 0.662. The van der Waals surface area contributed by atoms with Crippen LogP contribution >= 0.6 is 0 Å². The highest BCUT2D eigenvalue weighted by Crippen LogP contribution is 2.15. The van der Waals surface area contributed by atoms with E-state index in [1.807, 2.05) is 13.0 Å². The van der Waals surface area contributed by atoms with Gasteiger partial charge in [-0.25, -0.2) is 0 Å². The maximum atomic E-state index is 12.0. The van der Waals surface area contributed by atoms with Crippen LogP contribution in [-0.2, 0) is 4.79 Å². The average Bonchev–Trinajstić information content (AvgIpc) is 2.78. The highest BCUT2D eigenvalue weighted by molar-refractivity contribution is 5.95. The third kappa shape index (κ3) is 6.32. The first-order chi connectivity index (χ1) is 14.2. The molecule has 2 aromatic carbocycles. The monoisotopic (exact) mass is 395 g/mol. The molecule has 1 aliphatic rings. The first-order valence-electron chi connectivity index (χ1n) is 10.2. The van der Waals surface area contributed by atoms with Crippen LogP contribution in [0, 0.1) is 0 Å². The van der Waals surface area contributed by atoms with Crippen molar-refractivity contribution in [1.82, 2.24) is 10.2 Å². The lowest BCUT2D eigenvalue weighted by atomic mass is 10.1. The van der Waals surface area contributed by atoms with Crippen LogP contribution in [-0.4, -0.2) is 62.5 Å². The van der Waals surface area contributed by atoms with E-state index in [4.69, 9.17) is 4.74 Å². The van der Waals surface area contributed by atoms with E-state index in [1.165, 1.54) is 5.69 Å². The molecular formula is C23H29N3O3. The fraction of sp³-hybridized carbons (Fsp3) is 0.391. The topological polar surface area (TPSA) is 61.9 Å². The van der Waals surface area contributed by atoms with Crippen LogP contribution in [0.1, 0.15) is 23.7 Å². The number of benzene rings is 2. The predicted molar refractivity (Wildman–Crippen MR) is 115 cm³/mol. The Balaban J connectivity index is 1.31. The van der Waals surface area contributed by atoms with Crippen molar-refractivity contribution in [3.8, 4) is 5.75 Å². The Morgan fingerprint density at radius 2 is 1.66 bits per heavy atom. The molecule has 1 saturated heterocycles. The smallest absolute Gasteiger partial charge is 0.257 e. The highest BCUT2D eigenvalue weighted by Gasteiger charge is 2.16. The summed E-state index contributed by atoms with van der Waals surface area (Å²) >= 11 is 0. The van der Waals surface area contributed by atoms with Crippen molar-refractivity contribution in [2.45, 2.75) is 13.3 Å². The normalized spacial score (nSPS) is 14.4. The van der Waals surface area contributed by atoms with Crippen molar-refractivity contribution in [3.63, 3.8) is 0 Å². The van der Waals surface area contributed by atoms with Crippen molar-refractivity contribution in [2.24, 2.45) is 0 Å². The van der Waals surface area contributed by atoms with E-state index in [-0.39, 0.29) is 18.3 Å². The van der Waals surface area contributed by atoms with Gasteiger partial charge in [-0.2, -0.15) is 0 Å². The Morgan fingerprint density at radius 1 is 0.966 bits per heavy atom. The van der Waals surface area contributed by atoms with Gasteiger partial charge in [0.15, 0.2) is 12.4 Å². The van der Waals surface area contributed by atoms with Crippen LogP contribution in [0.3, 0.4) is 0 Å². The summed E-state index contributed by atoms with van der Waals surface area (Å²) in [6, 6.07) is 17.4. The van der Waals surface area contributed by atoms with Gasteiger partial charge in [-0.3, -0.25) is 14.5 Å². The zero-order valence-corrected chi connectivity index (χ0v) is 17.0. The van der Waals surface area contributed by atoms with E-state index in [0.717, 1.165) is 32.7 Å². The van der Waals surface area contributed by atoms with Crippen LogP contribution < -0.4 is 15.0 Å². The number of rotatable bonds is 9. The minimum Gasteiger partial charge on any atom is -0.484 e. The van der Waals surface area contributed by atoms with Crippen LogP contribution in [0.15, 0.2) is 54.6 Å². The molecule has 0 aliphatic carbocycles. The van der Waals surface area contributed by atoms with Crippen molar-refractivity contribution < 1.29 is 14.3 Å². The number of nitrogens with zero attached hydrogens (tertiary/aromatic N) is 2. The van der Waals surface area contributed by atoms with E-state index in [0.29, 0.717) is 24.3 Å². The molecule has 0 atom stereocenters. The van der Waals surface area contributed by atoms with Gasteiger partial charge in [0, 0.05) is 56.9 Å². The molecule has 2 aromatic rings. The maximum Gasteiger partial charge on any atom is 0.257 e. The van der Waals surface area contributed by atoms with Crippen molar-refractivity contribution in [2.75, 3.05) is 50.8 Å². The van der Waals surface area contributed by atoms with Crippen LogP contribution in [0.2, 0.25) is 0 Å². The van der Waals surface area contributed by atoms with Crippen molar-refractivity contribution in [1.29, 1.82) is 0 Å². The standard InChI is InChI=1S/C23H29N3O3/c1-2-22(27)19-8-10-21(11-9-19)29-18-23(28)24-12-13-25-14-16-26(17-15-25)20-6-4-3-5-7-20/h3-11H,2,12-18H2,1H3,(H,24,28). The number of para-hydroxylation sites is 1. The van der Waals surface area contributed by atoms with E-state index < -0.39 is 0 Å². The van der Waals surface area contributed by atoms with E-state index in [9.17, 15) is 9.59 Å². The van der Waals surface area contributed by atoms with Gasteiger partial charge in [-0.1, -0.05) is 25.1 Å². The lowest BCUT2D eigenvalue weighted by Gasteiger charge is -2.36. The molecule has 0 saturated carbocycles. The molecule has 1 aliphatic heterocycles. The summed E-state index contributed by atoms with van der Waals surface area (Å²) in [4.78, 5) is 28.4. The molecule has 0 unspecified atom stereocenters. The summed E-state index contributed by atoms with van der Waals surface area (Å²) in [5.74, 6) is 0.547. The van der Waals surface area contributed by atoms with E-state index in [2.05, 4.69) is 39.4 Å². The summed E-state index contributed by atoms with van der Waals surface area (Å²) < 4.78 is 5.50.